The smallest absolute Gasteiger partial charge is 0.311 e. The number of ether oxygens (including phenoxy) is 2. The monoisotopic (exact) mass is 296 g/mol. The van der Waals surface area contributed by atoms with Crippen molar-refractivity contribution in [2.75, 3.05) is 37.4 Å². The molecule has 2 rings (SSSR count). The number of hydrogen-bond acceptors (Lipinski definition) is 8. The third-order valence-corrected chi connectivity index (χ3v) is 3.17. The van der Waals surface area contributed by atoms with E-state index >= 15 is 0 Å². The molecule has 1 atom stereocenters. The maximum Gasteiger partial charge on any atom is 0.311 e. The lowest BCUT2D eigenvalue weighted by atomic mass is 10.2. The molecule has 0 radical (unpaired) electrons. The summed E-state index contributed by atoms with van der Waals surface area (Å²) < 4.78 is 10.1. The molecule has 1 saturated heterocycles. The van der Waals surface area contributed by atoms with Gasteiger partial charge in [0, 0.05) is 19.2 Å². The number of aromatic nitrogens is 1. The minimum absolute atomic E-state index is 0.131. The Morgan fingerprint density at radius 3 is 3.05 bits per heavy atom. The molecule has 2 heterocycles. The molecule has 0 bridgehead atoms. The molecule has 1 aromatic rings. The minimum Gasteiger partial charge on any atom is -0.469 e. The average Bonchev–Trinajstić information content (AvgIpc) is 2.47. The van der Waals surface area contributed by atoms with E-state index in [2.05, 4.69) is 9.72 Å². The van der Waals surface area contributed by atoms with Crippen LogP contribution in [0.2, 0.25) is 0 Å². The van der Waals surface area contributed by atoms with E-state index in [1.54, 1.807) is 0 Å². The van der Waals surface area contributed by atoms with E-state index in [0.29, 0.717) is 25.5 Å². The van der Waals surface area contributed by atoms with E-state index in [9.17, 15) is 14.9 Å². The van der Waals surface area contributed by atoms with E-state index in [1.807, 2.05) is 4.90 Å². The Morgan fingerprint density at radius 1 is 1.67 bits per heavy atom. The number of pyridine rings is 1. The number of morpholine rings is 1. The van der Waals surface area contributed by atoms with Crippen molar-refractivity contribution in [2.45, 2.75) is 12.5 Å². The summed E-state index contributed by atoms with van der Waals surface area (Å²) in [6, 6.07) is 2.86. The summed E-state index contributed by atoms with van der Waals surface area (Å²) in [5.41, 5.74) is 5.36. The van der Waals surface area contributed by atoms with Gasteiger partial charge in [-0.3, -0.25) is 14.9 Å². The highest BCUT2D eigenvalue weighted by Crippen LogP contribution is 2.24. The van der Waals surface area contributed by atoms with Gasteiger partial charge in [-0.15, -0.1) is 0 Å². The van der Waals surface area contributed by atoms with Crippen LogP contribution in [0.25, 0.3) is 0 Å². The van der Waals surface area contributed by atoms with Crippen molar-refractivity contribution in [3.05, 3.63) is 22.2 Å². The van der Waals surface area contributed by atoms with Crippen LogP contribution in [0.3, 0.4) is 0 Å². The first-order valence-electron chi connectivity index (χ1n) is 6.35. The lowest BCUT2D eigenvalue weighted by Gasteiger charge is -2.33. The summed E-state index contributed by atoms with van der Waals surface area (Å²) in [5.74, 6) is 0.0443. The number of carbonyl (C=O) groups excluding carboxylic acids is 1. The van der Waals surface area contributed by atoms with Gasteiger partial charge in [-0.2, -0.15) is 0 Å². The predicted octanol–water partition coefficient (Wildman–Crippen LogP) is 0.340. The second-order valence-corrected chi connectivity index (χ2v) is 4.55. The quantitative estimate of drug-likeness (QED) is 0.479. The van der Waals surface area contributed by atoms with Crippen LogP contribution in [0.15, 0.2) is 12.1 Å². The Balaban J connectivity index is 2.09. The largest absolute Gasteiger partial charge is 0.469 e. The first-order chi connectivity index (χ1) is 10.0. The lowest BCUT2D eigenvalue weighted by molar-refractivity contribution is -0.384. The molecule has 0 spiro atoms. The molecule has 1 unspecified atom stereocenters. The number of rotatable bonds is 4. The molecular formula is C12H16N4O5. The summed E-state index contributed by atoms with van der Waals surface area (Å²) in [4.78, 5) is 27.3. The van der Waals surface area contributed by atoms with Crippen molar-refractivity contribution in [1.82, 2.24) is 4.98 Å². The Kier molecular flexibility index (Phi) is 4.53. The summed E-state index contributed by atoms with van der Waals surface area (Å²) in [5, 5.41) is 10.7. The molecule has 0 aliphatic carbocycles. The van der Waals surface area contributed by atoms with Crippen molar-refractivity contribution < 1.29 is 19.2 Å². The fourth-order valence-electron chi connectivity index (χ4n) is 2.11. The van der Waals surface area contributed by atoms with Crippen molar-refractivity contribution in [1.29, 1.82) is 0 Å². The highest BCUT2D eigenvalue weighted by Gasteiger charge is 2.25. The Labute approximate surface area is 120 Å². The summed E-state index contributed by atoms with van der Waals surface area (Å²) >= 11 is 0. The van der Waals surface area contributed by atoms with Crippen molar-refractivity contribution in [3.8, 4) is 0 Å². The highest BCUT2D eigenvalue weighted by molar-refractivity contribution is 5.70. The van der Waals surface area contributed by atoms with Gasteiger partial charge in [-0.05, 0) is 6.07 Å². The van der Waals surface area contributed by atoms with Gasteiger partial charge in [0.25, 0.3) is 0 Å². The van der Waals surface area contributed by atoms with Gasteiger partial charge in [0.15, 0.2) is 0 Å². The molecule has 0 saturated carbocycles. The standard InChI is InChI=1S/C12H16N4O5/c1-20-11(17)6-8-7-15(4-5-21-8)10-3-2-9(16(18)19)12(13)14-10/h2-3,8H,4-7H2,1H3,(H2,13,14). The number of methoxy groups -OCH3 is 1. The van der Waals surface area contributed by atoms with Crippen molar-refractivity contribution in [2.24, 2.45) is 0 Å². The van der Waals surface area contributed by atoms with Crippen LogP contribution < -0.4 is 10.6 Å². The van der Waals surface area contributed by atoms with Crippen LogP contribution in [0.1, 0.15) is 6.42 Å². The van der Waals surface area contributed by atoms with Gasteiger partial charge >= 0.3 is 11.7 Å². The van der Waals surface area contributed by atoms with Gasteiger partial charge in [-0.1, -0.05) is 0 Å². The van der Waals surface area contributed by atoms with Gasteiger partial charge in [-0.25, -0.2) is 4.98 Å². The molecule has 9 heteroatoms. The molecule has 2 N–H and O–H groups in total. The van der Waals surface area contributed by atoms with Gasteiger partial charge in [0.2, 0.25) is 5.82 Å². The van der Waals surface area contributed by atoms with Crippen LogP contribution >= 0.6 is 0 Å². The number of nitrogens with zero attached hydrogens (tertiary/aromatic N) is 3. The van der Waals surface area contributed by atoms with E-state index in [4.69, 9.17) is 10.5 Å². The number of nitro groups is 1. The highest BCUT2D eigenvalue weighted by atomic mass is 16.6. The number of esters is 1. The molecular weight excluding hydrogens is 280 g/mol. The van der Waals surface area contributed by atoms with Crippen LogP contribution in [0.4, 0.5) is 17.3 Å². The number of nitrogens with two attached hydrogens (primary N) is 1. The van der Waals surface area contributed by atoms with Crippen LogP contribution in [-0.4, -0.2) is 48.8 Å². The second-order valence-electron chi connectivity index (χ2n) is 4.55. The van der Waals surface area contributed by atoms with Crippen LogP contribution in [0.5, 0.6) is 0 Å². The maximum absolute atomic E-state index is 11.3. The first-order valence-corrected chi connectivity index (χ1v) is 6.35. The zero-order valence-electron chi connectivity index (χ0n) is 11.5. The zero-order valence-corrected chi connectivity index (χ0v) is 11.5. The van der Waals surface area contributed by atoms with Crippen molar-refractivity contribution in [3.63, 3.8) is 0 Å². The van der Waals surface area contributed by atoms with Crippen molar-refractivity contribution >= 4 is 23.3 Å². The maximum atomic E-state index is 11.3. The molecule has 1 aliphatic heterocycles. The van der Waals surface area contributed by atoms with Crippen LogP contribution in [-0.2, 0) is 14.3 Å². The molecule has 114 valence electrons. The SMILES string of the molecule is COC(=O)CC1CN(c2ccc([N+](=O)[O-])c(N)n2)CCO1. The van der Waals surface area contributed by atoms with E-state index in [1.165, 1.54) is 19.2 Å². The Hall–Kier alpha value is -2.42. The number of hydrogen-bond donors (Lipinski definition) is 1. The number of carbonyl (C=O) groups is 1. The molecule has 0 amide bonds. The molecule has 1 fully saturated rings. The Morgan fingerprint density at radius 2 is 2.43 bits per heavy atom. The van der Waals surface area contributed by atoms with Crippen LogP contribution in [0, 0.1) is 10.1 Å². The summed E-state index contributed by atoms with van der Waals surface area (Å²) in [6.45, 7) is 1.45. The Bertz CT molecular complexity index is 550. The molecule has 1 aromatic heterocycles. The third-order valence-electron chi connectivity index (χ3n) is 3.17. The van der Waals surface area contributed by atoms with E-state index in [0.717, 1.165) is 0 Å². The molecule has 9 nitrogen and oxygen atoms in total. The second kappa shape index (κ2) is 6.35. The zero-order chi connectivity index (χ0) is 15.4. The van der Waals surface area contributed by atoms with Gasteiger partial charge < -0.3 is 20.1 Å². The first kappa shape index (κ1) is 15.0. The van der Waals surface area contributed by atoms with Gasteiger partial charge in [0.1, 0.15) is 5.82 Å². The number of nitrogen functional groups attached to an aromatic ring is 1. The fourth-order valence-corrected chi connectivity index (χ4v) is 2.11. The lowest BCUT2D eigenvalue weighted by Crippen LogP contribution is -2.43. The topological polar surface area (TPSA) is 121 Å². The molecule has 1 aliphatic rings. The fraction of sp³-hybridized carbons (Fsp3) is 0.500. The van der Waals surface area contributed by atoms with E-state index < -0.39 is 4.92 Å². The molecule has 0 aromatic carbocycles. The third kappa shape index (κ3) is 3.57. The molecule has 21 heavy (non-hydrogen) atoms. The average molecular weight is 296 g/mol. The summed E-state index contributed by atoms with van der Waals surface area (Å²) in [6.07, 6.45) is -0.153. The van der Waals surface area contributed by atoms with Gasteiger partial charge in [0.05, 0.1) is 31.2 Å². The normalized spacial score (nSPS) is 18.3. The summed E-state index contributed by atoms with van der Waals surface area (Å²) in [7, 11) is 1.32. The number of anilines is 2. The van der Waals surface area contributed by atoms with E-state index in [-0.39, 0.29) is 30.0 Å². The minimum atomic E-state index is -0.578. The predicted molar refractivity (Wildman–Crippen MR) is 73.9 cm³/mol.